The van der Waals surface area contributed by atoms with Gasteiger partial charge in [0.15, 0.2) is 0 Å². The van der Waals surface area contributed by atoms with Gasteiger partial charge in [-0.05, 0) is 55.8 Å². The van der Waals surface area contributed by atoms with Crippen molar-refractivity contribution in [3.63, 3.8) is 0 Å². The number of likely N-dealkylation sites (tertiary alicyclic amines) is 1. The number of amides is 1. The van der Waals surface area contributed by atoms with Crippen LogP contribution in [0.2, 0.25) is 0 Å². The summed E-state index contributed by atoms with van der Waals surface area (Å²) < 4.78 is 12.9. The lowest BCUT2D eigenvalue weighted by Crippen LogP contribution is -2.36. The third-order valence-electron chi connectivity index (χ3n) is 6.45. The normalized spacial score (nSPS) is 14.7. The van der Waals surface area contributed by atoms with Crippen molar-refractivity contribution in [2.24, 2.45) is 0 Å². The first-order valence-corrected chi connectivity index (χ1v) is 12.0. The number of methoxy groups -OCH3 is 1. The molecule has 1 aliphatic heterocycles. The average Bonchev–Trinajstić information content (AvgIpc) is 3.68. The molecule has 1 saturated heterocycles. The number of hydrogen-bond acceptors (Lipinski definition) is 5. The first-order valence-electron chi connectivity index (χ1n) is 12.0. The van der Waals surface area contributed by atoms with Crippen LogP contribution in [0.5, 0.6) is 5.75 Å². The van der Waals surface area contributed by atoms with Crippen LogP contribution in [0.4, 0.5) is 0 Å². The van der Waals surface area contributed by atoms with E-state index in [0.717, 1.165) is 48.6 Å². The highest BCUT2D eigenvalue weighted by molar-refractivity contribution is 5.99. The molecule has 180 valence electrons. The Balaban J connectivity index is 1.41. The molecule has 1 N–H and O–H groups in total. The van der Waals surface area contributed by atoms with Crippen molar-refractivity contribution < 1.29 is 13.9 Å². The van der Waals surface area contributed by atoms with Gasteiger partial charge in [0.2, 0.25) is 0 Å². The second-order valence-corrected chi connectivity index (χ2v) is 8.79. The van der Waals surface area contributed by atoms with E-state index in [-0.39, 0.29) is 11.9 Å². The Morgan fingerprint density at radius 2 is 1.91 bits per heavy atom. The van der Waals surface area contributed by atoms with E-state index >= 15 is 0 Å². The third-order valence-corrected chi connectivity index (χ3v) is 6.45. The monoisotopic (exact) mass is 470 g/mol. The zero-order valence-electron chi connectivity index (χ0n) is 19.9. The maximum atomic E-state index is 13.5. The number of hydrogen-bond donors (Lipinski definition) is 1. The van der Waals surface area contributed by atoms with E-state index in [4.69, 9.17) is 14.3 Å². The molecule has 2 aromatic carbocycles. The lowest BCUT2D eigenvalue weighted by atomic mass is 10.1. The number of benzene rings is 2. The van der Waals surface area contributed by atoms with Gasteiger partial charge in [-0.1, -0.05) is 42.5 Å². The van der Waals surface area contributed by atoms with Crippen molar-refractivity contribution in [1.29, 1.82) is 0 Å². The summed E-state index contributed by atoms with van der Waals surface area (Å²) in [5.74, 6) is 1.44. The largest absolute Gasteiger partial charge is 0.497 e. The number of carbonyl (C=O) groups is 1. The van der Waals surface area contributed by atoms with E-state index in [2.05, 4.69) is 22.3 Å². The summed E-state index contributed by atoms with van der Waals surface area (Å²) >= 11 is 0. The molecule has 5 rings (SSSR count). The fourth-order valence-corrected chi connectivity index (χ4v) is 4.65. The number of aromatic nitrogens is 2. The molecule has 0 saturated carbocycles. The smallest absolute Gasteiger partial charge is 0.255 e. The maximum Gasteiger partial charge on any atom is 0.255 e. The van der Waals surface area contributed by atoms with Crippen LogP contribution in [0.25, 0.3) is 11.3 Å². The van der Waals surface area contributed by atoms with Crippen LogP contribution in [-0.4, -0.2) is 47.3 Å². The minimum atomic E-state index is -0.155. The molecular weight excluding hydrogens is 440 g/mol. The van der Waals surface area contributed by atoms with Crippen LogP contribution in [-0.2, 0) is 6.54 Å². The zero-order valence-corrected chi connectivity index (χ0v) is 19.9. The van der Waals surface area contributed by atoms with Crippen LogP contribution < -0.4 is 10.1 Å². The fraction of sp³-hybridized carbons (Fsp3) is 0.286. The highest BCUT2D eigenvalue weighted by atomic mass is 16.5. The summed E-state index contributed by atoms with van der Waals surface area (Å²) in [5.41, 5.74) is 3.12. The lowest BCUT2D eigenvalue weighted by Gasteiger charge is -2.26. The van der Waals surface area contributed by atoms with Gasteiger partial charge in [-0.2, -0.15) is 5.10 Å². The first-order chi connectivity index (χ1) is 17.2. The number of rotatable bonds is 9. The molecule has 4 aromatic rings. The van der Waals surface area contributed by atoms with Gasteiger partial charge < -0.3 is 14.5 Å². The standard InChI is InChI=1S/C28H30N4O3/c1-34-23-12-7-11-22(17-23)27-24(20-32(30-27)19-21-9-3-2-4-10-21)28(33)29-18-25(26-13-8-16-35-26)31-14-5-6-15-31/h2-4,7-13,16-17,20,25H,5-6,14-15,18-19H2,1H3,(H,29,33)/t25-/m0/s1. The highest BCUT2D eigenvalue weighted by Crippen LogP contribution is 2.28. The number of furan rings is 1. The summed E-state index contributed by atoms with van der Waals surface area (Å²) in [5, 5.41) is 7.95. The van der Waals surface area contributed by atoms with Gasteiger partial charge >= 0.3 is 0 Å². The van der Waals surface area contributed by atoms with Gasteiger partial charge in [-0.3, -0.25) is 14.4 Å². The molecule has 35 heavy (non-hydrogen) atoms. The first kappa shape index (κ1) is 22.9. The molecule has 1 amide bonds. The molecule has 0 aliphatic carbocycles. The van der Waals surface area contributed by atoms with Crippen molar-refractivity contribution >= 4 is 5.91 Å². The van der Waals surface area contributed by atoms with E-state index in [9.17, 15) is 4.79 Å². The number of nitrogens with one attached hydrogen (secondary N) is 1. The lowest BCUT2D eigenvalue weighted by molar-refractivity contribution is 0.0934. The van der Waals surface area contributed by atoms with Crippen molar-refractivity contribution in [2.75, 3.05) is 26.7 Å². The van der Waals surface area contributed by atoms with E-state index in [1.807, 2.05) is 65.5 Å². The van der Waals surface area contributed by atoms with Crippen LogP contribution in [0.15, 0.2) is 83.6 Å². The SMILES string of the molecule is COc1cccc(-c2nn(Cc3ccccc3)cc2C(=O)NC[C@@H](c2ccco2)N2CCCC2)c1. The van der Waals surface area contributed by atoms with Gasteiger partial charge in [0.25, 0.3) is 5.91 Å². The molecular formula is C28H30N4O3. The van der Waals surface area contributed by atoms with E-state index in [1.54, 1.807) is 13.4 Å². The average molecular weight is 471 g/mol. The minimum Gasteiger partial charge on any atom is -0.497 e. The number of ether oxygens (including phenoxy) is 1. The number of nitrogens with zero attached hydrogens (tertiary/aromatic N) is 3. The van der Waals surface area contributed by atoms with E-state index in [1.165, 1.54) is 0 Å². The van der Waals surface area contributed by atoms with Crippen molar-refractivity contribution in [1.82, 2.24) is 20.0 Å². The molecule has 1 aliphatic rings. The van der Waals surface area contributed by atoms with Gasteiger partial charge in [-0.25, -0.2) is 0 Å². The minimum absolute atomic E-state index is 0.0103. The third kappa shape index (κ3) is 5.30. The van der Waals surface area contributed by atoms with Gasteiger partial charge in [0.1, 0.15) is 17.2 Å². The second kappa shape index (κ2) is 10.6. The van der Waals surface area contributed by atoms with Crippen LogP contribution in [0, 0.1) is 0 Å². The Labute approximate surface area is 205 Å². The molecule has 1 fully saturated rings. The molecule has 7 heteroatoms. The fourth-order valence-electron chi connectivity index (χ4n) is 4.65. The predicted octanol–water partition coefficient (Wildman–Crippen LogP) is 4.77. The van der Waals surface area contributed by atoms with Crippen LogP contribution in [0.1, 0.15) is 40.6 Å². The van der Waals surface area contributed by atoms with Gasteiger partial charge in [-0.15, -0.1) is 0 Å². The summed E-state index contributed by atoms with van der Waals surface area (Å²) in [4.78, 5) is 15.9. The highest BCUT2D eigenvalue weighted by Gasteiger charge is 2.27. The van der Waals surface area contributed by atoms with E-state index < -0.39 is 0 Å². The Bertz CT molecular complexity index is 1240. The summed E-state index contributed by atoms with van der Waals surface area (Å²) in [6.45, 7) is 3.05. The molecule has 0 bridgehead atoms. The molecule has 2 aromatic heterocycles. The van der Waals surface area contributed by atoms with Crippen LogP contribution >= 0.6 is 0 Å². The summed E-state index contributed by atoms with van der Waals surface area (Å²) in [6, 6.07) is 21.6. The van der Waals surface area contributed by atoms with Gasteiger partial charge in [0.05, 0.1) is 31.5 Å². The van der Waals surface area contributed by atoms with Crippen molar-refractivity contribution in [3.05, 3.63) is 96.1 Å². The quantitative estimate of drug-likeness (QED) is 0.382. The molecule has 0 radical (unpaired) electrons. The predicted molar refractivity (Wildman–Crippen MR) is 134 cm³/mol. The summed E-state index contributed by atoms with van der Waals surface area (Å²) in [7, 11) is 1.63. The van der Waals surface area contributed by atoms with Crippen molar-refractivity contribution in [2.45, 2.75) is 25.4 Å². The van der Waals surface area contributed by atoms with E-state index in [0.29, 0.717) is 24.3 Å². The van der Waals surface area contributed by atoms with Crippen LogP contribution in [0.3, 0.4) is 0 Å². The molecule has 7 nitrogen and oxygen atoms in total. The second-order valence-electron chi connectivity index (χ2n) is 8.79. The Kier molecular flexibility index (Phi) is 6.95. The maximum absolute atomic E-state index is 13.5. The topological polar surface area (TPSA) is 72.5 Å². The Hall–Kier alpha value is -3.84. The van der Waals surface area contributed by atoms with Gasteiger partial charge in [0, 0.05) is 18.3 Å². The summed E-state index contributed by atoms with van der Waals surface area (Å²) in [6.07, 6.45) is 5.85. The molecule has 0 unspecified atom stereocenters. The Morgan fingerprint density at radius 3 is 2.66 bits per heavy atom. The molecule has 1 atom stereocenters. The zero-order chi connectivity index (χ0) is 24.0. The molecule has 0 spiro atoms. The molecule has 3 heterocycles. The number of carbonyl (C=O) groups excluding carboxylic acids is 1. The van der Waals surface area contributed by atoms with Crippen molar-refractivity contribution in [3.8, 4) is 17.0 Å². The Morgan fingerprint density at radius 1 is 1.09 bits per heavy atom.